The summed E-state index contributed by atoms with van der Waals surface area (Å²) in [7, 11) is 0. The Balaban J connectivity index is 1.46. The molecule has 1 aliphatic carbocycles. The van der Waals surface area contributed by atoms with Crippen LogP contribution in [0.5, 0.6) is 0 Å². The van der Waals surface area contributed by atoms with Crippen LogP contribution in [0, 0.1) is 5.82 Å². The lowest BCUT2D eigenvalue weighted by Crippen LogP contribution is -2.34. The maximum absolute atomic E-state index is 13.2. The fourth-order valence-electron chi connectivity index (χ4n) is 3.55. The lowest BCUT2D eigenvalue weighted by molar-refractivity contribution is 0.247. The van der Waals surface area contributed by atoms with Crippen molar-refractivity contribution in [2.24, 2.45) is 0 Å². The van der Waals surface area contributed by atoms with Gasteiger partial charge in [0, 0.05) is 16.1 Å². The first-order chi connectivity index (χ1) is 14.0. The number of benzene rings is 2. The molecule has 3 aromatic rings. The van der Waals surface area contributed by atoms with E-state index in [1.54, 1.807) is 23.5 Å². The van der Waals surface area contributed by atoms with Gasteiger partial charge in [-0.1, -0.05) is 26.0 Å². The van der Waals surface area contributed by atoms with E-state index in [2.05, 4.69) is 24.5 Å². The van der Waals surface area contributed by atoms with Crippen molar-refractivity contribution in [3.05, 3.63) is 70.5 Å². The summed E-state index contributed by atoms with van der Waals surface area (Å²) in [6.07, 6.45) is 2.83. The summed E-state index contributed by atoms with van der Waals surface area (Å²) in [5.74, 6) is 0.200. The van der Waals surface area contributed by atoms with E-state index in [-0.39, 0.29) is 17.9 Å². The van der Waals surface area contributed by atoms with Gasteiger partial charge in [-0.25, -0.2) is 14.2 Å². The van der Waals surface area contributed by atoms with Gasteiger partial charge in [0.1, 0.15) is 10.8 Å². The van der Waals surface area contributed by atoms with Crippen molar-refractivity contribution < 1.29 is 9.18 Å². The fraction of sp³-hybridized carbons (Fsp3) is 0.304. The number of halogens is 1. The van der Waals surface area contributed by atoms with Crippen LogP contribution in [-0.4, -0.2) is 11.0 Å². The highest BCUT2D eigenvalue weighted by atomic mass is 32.1. The maximum atomic E-state index is 13.2. The second-order valence-corrected chi connectivity index (χ2v) is 8.74. The highest BCUT2D eigenvalue weighted by Gasteiger charge is 2.26. The summed E-state index contributed by atoms with van der Waals surface area (Å²) < 4.78 is 13.2. The normalized spacial score (nSPS) is 15.8. The molecule has 0 aliphatic heterocycles. The minimum absolute atomic E-state index is 0.112. The Morgan fingerprint density at radius 1 is 1.14 bits per heavy atom. The first-order valence-corrected chi connectivity index (χ1v) is 10.7. The topological polar surface area (TPSA) is 54.0 Å². The number of carbonyl (C=O) groups is 1. The quantitative estimate of drug-likeness (QED) is 0.533. The van der Waals surface area contributed by atoms with Gasteiger partial charge in [-0.2, -0.15) is 0 Å². The van der Waals surface area contributed by atoms with Crippen LogP contribution in [0.4, 0.5) is 14.9 Å². The summed E-state index contributed by atoms with van der Waals surface area (Å²) in [6.45, 7) is 4.29. The summed E-state index contributed by atoms with van der Waals surface area (Å²) in [4.78, 5) is 18.5. The van der Waals surface area contributed by atoms with Crippen LogP contribution in [0.15, 0.2) is 48.5 Å². The number of anilines is 1. The largest absolute Gasteiger partial charge is 0.329 e. The molecule has 1 atom stereocenters. The number of rotatable bonds is 4. The van der Waals surface area contributed by atoms with E-state index < -0.39 is 0 Å². The number of carbonyl (C=O) groups excluding carboxylic acids is 1. The predicted octanol–water partition coefficient (Wildman–Crippen LogP) is 6.27. The first kappa shape index (κ1) is 19.6. The molecule has 1 unspecified atom stereocenters. The van der Waals surface area contributed by atoms with Crippen LogP contribution in [0.2, 0.25) is 0 Å². The van der Waals surface area contributed by atoms with Gasteiger partial charge in [0.25, 0.3) is 0 Å². The number of nitrogens with one attached hydrogen (secondary N) is 2. The Labute approximate surface area is 174 Å². The van der Waals surface area contributed by atoms with Crippen molar-refractivity contribution >= 4 is 23.1 Å². The average molecular weight is 410 g/mol. The van der Waals surface area contributed by atoms with Crippen LogP contribution in [0.3, 0.4) is 0 Å². The lowest BCUT2D eigenvalue weighted by atomic mass is 9.98. The molecule has 6 heteroatoms. The molecule has 150 valence electrons. The molecule has 0 saturated carbocycles. The van der Waals surface area contributed by atoms with E-state index in [0.29, 0.717) is 5.92 Å². The number of aryl methyl sites for hydroxylation is 1. The predicted molar refractivity (Wildman–Crippen MR) is 116 cm³/mol. The smallest absolute Gasteiger partial charge is 0.319 e. The third-order valence-electron chi connectivity index (χ3n) is 5.19. The molecule has 1 heterocycles. The van der Waals surface area contributed by atoms with Gasteiger partial charge in [0.05, 0.1) is 11.7 Å². The second kappa shape index (κ2) is 8.33. The van der Waals surface area contributed by atoms with Crippen LogP contribution in [0.25, 0.3) is 10.6 Å². The number of nitrogens with zero attached hydrogens (tertiary/aromatic N) is 1. The molecule has 29 heavy (non-hydrogen) atoms. The Morgan fingerprint density at radius 2 is 1.86 bits per heavy atom. The third-order valence-corrected chi connectivity index (χ3v) is 6.37. The SMILES string of the molecule is CC(C)c1ccc(NC(=O)NC2CCCc3sc(-c4ccc(F)cc4)nc32)cc1. The molecule has 1 aromatic heterocycles. The van der Waals surface area contributed by atoms with Crippen molar-refractivity contribution in [3.63, 3.8) is 0 Å². The highest BCUT2D eigenvalue weighted by molar-refractivity contribution is 7.15. The van der Waals surface area contributed by atoms with E-state index >= 15 is 0 Å². The van der Waals surface area contributed by atoms with Crippen molar-refractivity contribution in [2.75, 3.05) is 5.32 Å². The molecule has 0 spiro atoms. The van der Waals surface area contributed by atoms with Gasteiger partial charge < -0.3 is 10.6 Å². The first-order valence-electron chi connectivity index (χ1n) is 9.92. The van der Waals surface area contributed by atoms with Gasteiger partial charge >= 0.3 is 6.03 Å². The standard InChI is InChI=1S/C23H24FN3OS/c1-14(2)15-8-12-18(13-9-15)25-23(28)26-19-4-3-5-20-21(19)27-22(29-20)16-6-10-17(24)11-7-16/h6-14,19H,3-5H2,1-2H3,(H2,25,26,28). The number of thiazole rings is 1. The van der Waals surface area contributed by atoms with Crippen molar-refractivity contribution in [3.8, 4) is 10.6 Å². The van der Waals surface area contributed by atoms with E-state index in [9.17, 15) is 9.18 Å². The molecular weight excluding hydrogens is 385 g/mol. The third kappa shape index (κ3) is 4.48. The minimum Gasteiger partial charge on any atom is -0.329 e. The van der Waals surface area contributed by atoms with Crippen LogP contribution in [-0.2, 0) is 6.42 Å². The second-order valence-electron chi connectivity index (χ2n) is 7.65. The summed E-state index contributed by atoms with van der Waals surface area (Å²) in [5, 5.41) is 6.85. The van der Waals surface area contributed by atoms with Gasteiger partial charge in [-0.05, 0) is 67.1 Å². The van der Waals surface area contributed by atoms with E-state index in [4.69, 9.17) is 4.98 Å². The average Bonchev–Trinajstić information content (AvgIpc) is 3.14. The molecule has 2 amide bonds. The van der Waals surface area contributed by atoms with Crippen molar-refractivity contribution in [1.29, 1.82) is 0 Å². The number of aromatic nitrogens is 1. The Bertz CT molecular complexity index is 996. The van der Waals surface area contributed by atoms with E-state index in [1.807, 2.05) is 24.3 Å². The minimum atomic E-state index is -0.257. The van der Waals surface area contributed by atoms with Gasteiger partial charge in [-0.3, -0.25) is 0 Å². The van der Waals surface area contributed by atoms with Gasteiger partial charge in [-0.15, -0.1) is 11.3 Å². The van der Waals surface area contributed by atoms with E-state index in [0.717, 1.165) is 41.2 Å². The molecule has 0 bridgehead atoms. The Morgan fingerprint density at radius 3 is 2.55 bits per heavy atom. The Hall–Kier alpha value is -2.73. The summed E-state index contributed by atoms with van der Waals surface area (Å²) >= 11 is 1.63. The molecule has 4 rings (SSSR count). The van der Waals surface area contributed by atoms with E-state index in [1.165, 1.54) is 22.6 Å². The monoisotopic (exact) mass is 409 g/mol. The van der Waals surface area contributed by atoms with Crippen molar-refractivity contribution in [1.82, 2.24) is 10.3 Å². The number of urea groups is 1. The molecule has 0 saturated heterocycles. The number of hydrogen-bond donors (Lipinski definition) is 2. The lowest BCUT2D eigenvalue weighted by Gasteiger charge is -2.22. The zero-order valence-corrected chi connectivity index (χ0v) is 17.4. The molecule has 1 aliphatic rings. The number of amides is 2. The molecule has 0 radical (unpaired) electrons. The molecule has 4 nitrogen and oxygen atoms in total. The molecule has 0 fully saturated rings. The number of hydrogen-bond acceptors (Lipinski definition) is 3. The van der Waals surface area contributed by atoms with Crippen LogP contribution in [0.1, 0.15) is 54.8 Å². The van der Waals surface area contributed by atoms with Crippen LogP contribution < -0.4 is 10.6 Å². The van der Waals surface area contributed by atoms with Crippen LogP contribution >= 0.6 is 11.3 Å². The maximum Gasteiger partial charge on any atom is 0.319 e. The highest BCUT2D eigenvalue weighted by Crippen LogP contribution is 2.37. The zero-order chi connectivity index (χ0) is 20.4. The molecular formula is C23H24FN3OS. The zero-order valence-electron chi connectivity index (χ0n) is 16.5. The van der Waals surface area contributed by atoms with Gasteiger partial charge in [0.2, 0.25) is 0 Å². The Kier molecular flexibility index (Phi) is 5.62. The van der Waals surface area contributed by atoms with Gasteiger partial charge in [0.15, 0.2) is 0 Å². The number of fused-ring (bicyclic) bond motifs is 1. The fourth-order valence-corrected chi connectivity index (χ4v) is 4.72. The summed E-state index contributed by atoms with van der Waals surface area (Å²) in [6, 6.07) is 14.0. The van der Waals surface area contributed by atoms with Crippen molar-refractivity contribution in [2.45, 2.75) is 45.1 Å². The molecule has 2 N–H and O–H groups in total. The summed E-state index contributed by atoms with van der Waals surface area (Å²) in [5.41, 5.74) is 3.85. The molecule has 2 aromatic carbocycles.